The third-order valence-corrected chi connectivity index (χ3v) is 5.31. The van der Waals surface area contributed by atoms with Crippen molar-refractivity contribution in [1.82, 2.24) is 0 Å². The van der Waals surface area contributed by atoms with Gasteiger partial charge in [-0.25, -0.2) is 4.79 Å². The van der Waals surface area contributed by atoms with E-state index in [0.29, 0.717) is 12.2 Å². The molecule has 0 radical (unpaired) electrons. The number of esters is 1. The molecule has 0 saturated carbocycles. The molecule has 4 rings (SSSR count). The molecule has 0 amide bonds. The van der Waals surface area contributed by atoms with Gasteiger partial charge in [0.05, 0.1) is 23.1 Å². The number of allylic oxidation sites excluding steroid dienone is 2. The quantitative estimate of drug-likeness (QED) is 0.371. The number of nitrogens with one attached hydrogen (secondary N) is 1. The molecule has 1 aliphatic carbocycles. The van der Waals surface area contributed by atoms with Gasteiger partial charge in [0.2, 0.25) is 0 Å². The topological polar surface area (TPSA) is 81.5 Å². The Morgan fingerprint density at radius 3 is 2.93 bits per heavy atom. The van der Waals surface area contributed by atoms with Crippen molar-refractivity contribution >= 4 is 17.3 Å². The molecule has 2 aliphatic rings. The van der Waals surface area contributed by atoms with E-state index >= 15 is 0 Å². The van der Waals surface area contributed by atoms with E-state index in [9.17, 15) is 14.9 Å². The summed E-state index contributed by atoms with van der Waals surface area (Å²) < 4.78 is 5.12. The number of anilines is 1. The second kappa shape index (κ2) is 6.87. The van der Waals surface area contributed by atoms with Gasteiger partial charge in [-0.2, -0.15) is 0 Å². The molecule has 1 heterocycles. The molecule has 6 heteroatoms. The number of ether oxygens (including phenoxy) is 1. The largest absolute Gasteiger partial charge is 0.462 e. The van der Waals surface area contributed by atoms with Gasteiger partial charge in [-0.15, -0.1) is 0 Å². The van der Waals surface area contributed by atoms with Crippen molar-refractivity contribution in [2.24, 2.45) is 5.92 Å². The summed E-state index contributed by atoms with van der Waals surface area (Å²) in [6.45, 7) is 2.13. The van der Waals surface area contributed by atoms with E-state index < -0.39 is 0 Å². The Labute approximate surface area is 157 Å². The molecule has 1 aliphatic heterocycles. The first kappa shape index (κ1) is 17.3. The maximum atomic E-state index is 12.1. The SMILES string of the molecule is CCOC(=O)c1ccc2c(c1)[C@H]1C=CC[C@H]1[C@H](c1cccc([N+](=O)[O-])c1)N2. The fourth-order valence-electron chi connectivity index (χ4n) is 4.10. The summed E-state index contributed by atoms with van der Waals surface area (Å²) in [5.41, 5.74) is 3.57. The van der Waals surface area contributed by atoms with Gasteiger partial charge >= 0.3 is 5.97 Å². The Kier molecular flexibility index (Phi) is 4.39. The lowest BCUT2D eigenvalue weighted by Gasteiger charge is -2.37. The lowest BCUT2D eigenvalue weighted by Crippen LogP contribution is -2.29. The van der Waals surface area contributed by atoms with E-state index in [1.165, 1.54) is 6.07 Å². The van der Waals surface area contributed by atoms with Crippen LogP contribution in [0, 0.1) is 16.0 Å². The standard InChI is InChI=1S/C21H20N2O4/c1-2-27-21(24)14-9-10-19-18(12-14)16-7-4-8-17(16)20(22-19)13-5-3-6-15(11-13)23(25)26/h3-7,9-12,16-17,20,22H,2,8H2,1H3/t16-,17+,20-/m0/s1. The normalized spacial score (nSPS) is 22.5. The molecule has 0 unspecified atom stereocenters. The van der Waals surface area contributed by atoms with Crippen LogP contribution in [0.25, 0.3) is 0 Å². The lowest BCUT2D eigenvalue weighted by molar-refractivity contribution is -0.384. The van der Waals surface area contributed by atoms with Crippen LogP contribution >= 0.6 is 0 Å². The zero-order valence-electron chi connectivity index (χ0n) is 14.9. The van der Waals surface area contributed by atoms with E-state index in [4.69, 9.17) is 4.74 Å². The fourth-order valence-corrected chi connectivity index (χ4v) is 4.10. The molecule has 0 aromatic heterocycles. The minimum atomic E-state index is -0.365. The zero-order chi connectivity index (χ0) is 19.0. The maximum absolute atomic E-state index is 12.1. The summed E-state index contributed by atoms with van der Waals surface area (Å²) in [5.74, 6) is 0.0940. The summed E-state index contributed by atoms with van der Waals surface area (Å²) in [4.78, 5) is 22.9. The second-order valence-corrected chi connectivity index (χ2v) is 6.85. The number of carbonyl (C=O) groups is 1. The third-order valence-electron chi connectivity index (χ3n) is 5.31. The van der Waals surface area contributed by atoms with Crippen LogP contribution in [-0.2, 0) is 4.74 Å². The molecule has 138 valence electrons. The van der Waals surface area contributed by atoms with Crippen LogP contribution in [-0.4, -0.2) is 17.5 Å². The number of hydrogen-bond donors (Lipinski definition) is 1. The van der Waals surface area contributed by atoms with Gasteiger partial charge in [0.15, 0.2) is 0 Å². The Morgan fingerprint density at radius 1 is 1.30 bits per heavy atom. The summed E-state index contributed by atoms with van der Waals surface area (Å²) in [6.07, 6.45) is 5.20. The summed E-state index contributed by atoms with van der Waals surface area (Å²) in [6, 6.07) is 12.3. The highest BCUT2D eigenvalue weighted by Gasteiger charge is 2.38. The number of non-ortho nitro benzene ring substituents is 1. The first-order valence-corrected chi connectivity index (χ1v) is 9.07. The van der Waals surface area contributed by atoms with Crippen molar-refractivity contribution in [3.63, 3.8) is 0 Å². The third kappa shape index (κ3) is 3.07. The molecule has 2 aromatic carbocycles. The number of carbonyl (C=O) groups excluding carboxylic acids is 1. The summed E-state index contributed by atoms with van der Waals surface area (Å²) >= 11 is 0. The molecule has 0 saturated heterocycles. The van der Waals surface area contributed by atoms with Gasteiger partial charge in [0.25, 0.3) is 5.69 Å². The van der Waals surface area contributed by atoms with Gasteiger partial charge in [-0.05, 0) is 48.6 Å². The molecule has 2 aromatic rings. The van der Waals surface area contributed by atoms with Crippen LogP contribution in [0.3, 0.4) is 0 Å². The van der Waals surface area contributed by atoms with Gasteiger partial charge in [-0.3, -0.25) is 10.1 Å². The number of benzene rings is 2. The zero-order valence-corrected chi connectivity index (χ0v) is 14.9. The molecule has 0 fully saturated rings. The minimum absolute atomic E-state index is 0.0224. The first-order valence-electron chi connectivity index (χ1n) is 9.07. The Bertz CT molecular complexity index is 938. The van der Waals surface area contributed by atoms with Gasteiger partial charge in [0.1, 0.15) is 0 Å². The predicted octanol–water partition coefficient (Wildman–Crippen LogP) is 4.60. The number of nitro groups is 1. The first-order chi connectivity index (χ1) is 13.1. The average molecular weight is 364 g/mol. The lowest BCUT2D eigenvalue weighted by atomic mass is 9.76. The highest BCUT2D eigenvalue weighted by atomic mass is 16.6. The van der Waals surface area contributed by atoms with E-state index in [0.717, 1.165) is 23.2 Å². The molecule has 0 bridgehead atoms. The molecule has 0 spiro atoms. The van der Waals surface area contributed by atoms with Gasteiger partial charge < -0.3 is 10.1 Å². The monoisotopic (exact) mass is 364 g/mol. The van der Waals surface area contributed by atoms with E-state index in [1.54, 1.807) is 25.1 Å². The highest BCUT2D eigenvalue weighted by molar-refractivity contribution is 5.90. The fraction of sp³-hybridized carbons (Fsp3) is 0.286. The van der Waals surface area contributed by atoms with Crippen molar-refractivity contribution in [3.8, 4) is 0 Å². The van der Waals surface area contributed by atoms with Crippen molar-refractivity contribution in [2.75, 3.05) is 11.9 Å². The molecule has 27 heavy (non-hydrogen) atoms. The number of nitrogens with zero attached hydrogens (tertiary/aromatic N) is 1. The van der Waals surface area contributed by atoms with E-state index in [-0.39, 0.29) is 34.5 Å². The summed E-state index contributed by atoms with van der Waals surface area (Å²) in [5, 5.41) is 14.7. The van der Waals surface area contributed by atoms with Crippen LogP contribution in [0.15, 0.2) is 54.6 Å². The molecular weight excluding hydrogens is 344 g/mol. The maximum Gasteiger partial charge on any atom is 0.338 e. The van der Waals surface area contributed by atoms with Crippen LogP contribution < -0.4 is 5.32 Å². The van der Waals surface area contributed by atoms with Gasteiger partial charge in [0, 0.05) is 23.7 Å². The molecule has 3 atom stereocenters. The van der Waals surface area contributed by atoms with Crippen LogP contribution in [0.2, 0.25) is 0 Å². The van der Waals surface area contributed by atoms with E-state index in [2.05, 4.69) is 17.5 Å². The predicted molar refractivity (Wildman–Crippen MR) is 102 cm³/mol. The summed E-state index contributed by atoms with van der Waals surface area (Å²) in [7, 11) is 0. The average Bonchev–Trinajstić information content (AvgIpc) is 3.17. The van der Waals surface area contributed by atoms with Crippen molar-refractivity contribution in [1.29, 1.82) is 0 Å². The van der Waals surface area contributed by atoms with E-state index in [1.807, 2.05) is 18.2 Å². The second-order valence-electron chi connectivity index (χ2n) is 6.85. The van der Waals surface area contributed by atoms with Crippen molar-refractivity contribution in [3.05, 3.63) is 81.4 Å². The number of fused-ring (bicyclic) bond motifs is 3. The number of nitro benzene ring substituents is 1. The Hall–Kier alpha value is -3.15. The van der Waals surface area contributed by atoms with Crippen LogP contribution in [0.5, 0.6) is 0 Å². The smallest absolute Gasteiger partial charge is 0.338 e. The number of rotatable bonds is 4. The molecule has 1 N–H and O–H groups in total. The highest BCUT2D eigenvalue weighted by Crippen LogP contribution is 2.50. The Morgan fingerprint density at radius 2 is 2.15 bits per heavy atom. The molecular formula is C21H20N2O4. The number of hydrogen-bond acceptors (Lipinski definition) is 5. The molecule has 6 nitrogen and oxygen atoms in total. The van der Waals surface area contributed by atoms with Crippen LogP contribution in [0.1, 0.15) is 46.8 Å². The van der Waals surface area contributed by atoms with Crippen LogP contribution in [0.4, 0.5) is 11.4 Å². The Balaban J connectivity index is 1.71. The van der Waals surface area contributed by atoms with Crippen molar-refractivity contribution in [2.45, 2.75) is 25.3 Å². The minimum Gasteiger partial charge on any atom is -0.462 e. The van der Waals surface area contributed by atoms with Crippen molar-refractivity contribution < 1.29 is 14.5 Å². The van der Waals surface area contributed by atoms with Gasteiger partial charge in [-0.1, -0.05) is 24.3 Å².